The van der Waals surface area contributed by atoms with E-state index in [-0.39, 0.29) is 35.5 Å². The summed E-state index contributed by atoms with van der Waals surface area (Å²) in [5.74, 6) is 1.12. The number of ether oxygens (including phenoxy) is 3. The van der Waals surface area contributed by atoms with Gasteiger partial charge in [0.1, 0.15) is 0 Å². The predicted molar refractivity (Wildman–Crippen MR) is 106 cm³/mol. The summed E-state index contributed by atoms with van der Waals surface area (Å²) in [6, 6.07) is 8.58. The molecule has 2 heterocycles. The monoisotopic (exact) mass is 439 g/mol. The van der Waals surface area contributed by atoms with Crippen molar-refractivity contribution >= 4 is 39.0 Å². The first-order valence-electron chi connectivity index (χ1n) is 8.78. The summed E-state index contributed by atoms with van der Waals surface area (Å²) in [6.45, 7) is 1.37. The minimum Gasteiger partial charge on any atom is -0.454 e. The third-order valence-corrected chi connectivity index (χ3v) is 6.65. The van der Waals surface area contributed by atoms with Gasteiger partial charge in [0.2, 0.25) is 16.8 Å². The van der Waals surface area contributed by atoms with Crippen LogP contribution in [0, 0.1) is 0 Å². The van der Waals surface area contributed by atoms with Crippen molar-refractivity contribution in [2.24, 2.45) is 0 Å². The van der Waals surface area contributed by atoms with Gasteiger partial charge >= 0.3 is 6.03 Å². The van der Waals surface area contributed by atoms with E-state index in [1.807, 2.05) is 0 Å². The normalized spacial score (nSPS) is 16.4. The number of carbonyl (C=O) groups excluding carboxylic acids is 1. The highest BCUT2D eigenvalue weighted by Gasteiger charge is 2.27. The number of nitrogens with zero attached hydrogens (tertiary/aromatic N) is 1. The van der Waals surface area contributed by atoms with Crippen molar-refractivity contribution in [3.8, 4) is 11.5 Å². The van der Waals surface area contributed by atoms with Crippen LogP contribution in [0.4, 0.5) is 16.2 Å². The molecule has 2 aliphatic heterocycles. The molecule has 2 aromatic carbocycles. The van der Waals surface area contributed by atoms with E-state index in [0.717, 1.165) is 0 Å². The Balaban J connectivity index is 1.49. The second kappa shape index (κ2) is 8.07. The van der Waals surface area contributed by atoms with Gasteiger partial charge in [0.05, 0.1) is 28.8 Å². The molecule has 2 aromatic rings. The van der Waals surface area contributed by atoms with Gasteiger partial charge < -0.3 is 24.8 Å². The van der Waals surface area contributed by atoms with Crippen LogP contribution in [0.15, 0.2) is 41.3 Å². The molecule has 0 saturated carbocycles. The number of amides is 2. The summed E-state index contributed by atoms with van der Waals surface area (Å²) in [5.41, 5.74) is 0.666. The number of fused-ring (bicyclic) bond motifs is 1. The fourth-order valence-electron chi connectivity index (χ4n) is 2.96. The topological polar surface area (TPSA) is 106 Å². The van der Waals surface area contributed by atoms with Crippen LogP contribution in [-0.2, 0) is 14.8 Å². The molecular formula is C18H18ClN3O6S. The summed E-state index contributed by atoms with van der Waals surface area (Å²) in [5, 5.41) is 5.44. The lowest BCUT2D eigenvalue weighted by molar-refractivity contribution is 0.0730. The van der Waals surface area contributed by atoms with E-state index >= 15 is 0 Å². The molecule has 9 nitrogen and oxygen atoms in total. The van der Waals surface area contributed by atoms with Crippen molar-refractivity contribution < 1.29 is 27.4 Å². The molecule has 29 heavy (non-hydrogen) atoms. The lowest BCUT2D eigenvalue weighted by Gasteiger charge is -2.26. The highest BCUT2D eigenvalue weighted by atomic mass is 35.5. The highest BCUT2D eigenvalue weighted by molar-refractivity contribution is 7.89. The Morgan fingerprint density at radius 2 is 1.76 bits per heavy atom. The van der Waals surface area contributed by atoms with E-state index in [2.05, 4.69) is 10.6 Å². The summed E-state index contributed by atoms with van der Waals surface area (Å²) in [7, 11) is -3.71. The molecule has 1 saturated heterocycles. The van der Waals surface area contributed by atoms with Gasteiger partial charge in [-0.3, -0.25) is 0 Å². The van der Waals surface area contributed by atoms with Crippen molar-refractivity contribution in [2.75, 3.05) is 43.7 Å². The first kappa shape index (κ1) is 19.8. The number of anilines is 2. The Hall–Kier alpha value is -2.53. The molecule has 2 N–H and O–H groups in total. The highest BCUT2D eigenvalue weighted by Crippen LogP contribution is 2.34. The van der Waals surface area contributed by atoms with Crippen LogP contribution in [0.25, 0.3) is 0 Å². The molecule has 1 fully saturated rings. The summed E-state index contributed by atoms with van der Waals surface area (Å²) >= 11 is 6.15. The third-order valence-electron chi connectivity index (χ3n) is 4.42. The van der Waals surface area contributed by atoms with Crippen molar-refractivity contribution in [3.63, 3.8) is 0 Å². The van der Waals surface area contributed by atoms with Crippen LogP contribution in [0.1, 0.15) is 0 Å². The van der Waals surface area contributed by atoms with Gasteiger partial charge in [-0.15, -0.1) is 0 Å². The Morgan fingerprint density at radius 3 is 2.55 bits per heavy atom. The zero-order chi connectivity index (χ0) is 20.4. The molecule has 0 radical (unpaired) electrons. The Bertz CT molecular complexity index is 1040. The third kappa shape index (κ3) is 4.25. The van der Waals surface area contributed by atoms with Gasteiger partial charge in [0.15, 0.2) is 11.5 Å². The Labute approximate surface area is 172 Å². The van der Waals surface area contributed by atoms with Gasteiger partial charge in [-0.05, 0) is 30.3 Å². The minimum absolute atomic E-state index is 0.0437. The molecule has 4 rings (SSSR count). The van der Waals surface area contributed by atoms with E-state index in [4.69, 9.17) is 25.8 Å². The fraction of sp³-hybridized carbons (Fsp3) is 0.278. The first-order chi connectivity index (χ1) is 13.9. The summed E-state index contributed by atoms with van der Waals surface area (Å²) < 4.78 is 42.7. The average molecular weight is 440 g/mol. The lowest BCUT2D eigenvalue weighted by Crippen LogP contribution is -2.40. The number of carbonyl (C=O) groups is 1. The SMILES string of the molecule is O=C(Nc1ccc2c(c1)OCO2)Nc1cc(S(=O)(=O)N2CCOCC2)ccc1Cl. The number of hydrogen-bond acceptors (Lipinski definition) is 6. The first-order valence-corrected chi connectivity index (χ1v) is 10.6. The maximum Gasteiger partial charge on any atom is 0.323 e. The zero-order valence-corrected chi connectivity index (χ0v) is 16.8. The quantitative estimate of drug-likeness (QED) is 0.758. The number of urea groups is 1. The number of rotatable bonds is 4. The Morgan fingerprint density at radius 1 is 1.00 bits per heavy atom. The molecule has 0 bridgehead atoms. The smallest absolute Gasteiger partial charge is 0.323 e. The van der Waals surface area contributed by atoms with Crippen molar-refractivity contribution in [1.29, 1.82) is 0 Å². The molecule has 0 unspecified atom stereocenters. The number of nitrogens with one attached hydrogen (secondary N) is 2. The molecular weight excluding hydrogens is 422 g/mol. The Kier molecular flexibility index (Phi) is 5.50. The minimum atomic E-state index is -3.71. The maximum atomic E-state index is 12.8. The van der Waals surface area contributed by atoms with Crippen LogP contribution in [0.3, 0.4) is 0 Å². The van der Waals surface area contributed by atoms with Crippen molar-refractivity contribution in [2.45, 2.75) is 4.90 Å². The van der Waals surface area contributed by atoms with Crippen LogP contribution >= 0.6 is 11.6 Å². The second-order valence-electron chi connectivity index (χ2n) is 6.31. The molecule has 11 heteroatoms. The van der Waals surface area contributed by atoms with Crippen molar-refractivity contribution in [1.82, 2.24) is 4.31 Å². The lowest BCUT2D eigenvalue weighted by atomic mass is 10.3. The summed E-state index contributed by atoms with van der Waals surface area (Å²) in [4.78, 5) is 12.4. The second-order valence-corrected chi connectivity index (χ2v) is 8.65. The number of morpholine rings is 1. The summed E-state index contributed by atoms with van der Waals surface area (Å²) in [6.07, 6.45) is 0. The number of benzene rings is 2. The number of sulfonamides is 1. The van der Waals surface area contributed by atoms with Gasteiger partial charge in [-0.25, -0.2) is 13.2 Å². The zero-order valence-electron chi connectivity index (χ0n) is 15.2. The molecule has 0 atom stereocenters. The van der Waals surface area contributed by atoms with Crippen LogP contribution in [0.2, 0.25) is 5.02 Å². The van der Waals surface area contributed by atoms with Gasteiger partial charge in [0.25, 0.3) is 0 Å². The maximum absolute atomic E-state index is 12.8. The average Bonchev–Trinajstić information content (AvgIpc) is 3.18. The van der Waals surface area contributed by atoms with E-state index in [1.165, 1.54) is 22.5 Å². The van der Waals surface area contributed by atoms with Crippen molar-refractivity contribution in [3.05, 3.63) is 41.4 Å². The molecule has 0 aliphatic carbocycles. The van der Waals surface area contributed by atoms with Gasteiger partial charge in [0, 0.05) is 24.8 Å². The number of halogens is 1. The molecule has 0 aromatic heterocycles. The van der Waals surface area contributed by atoms with E-state index in [0.29, 0.717) is 30.4 Å². The van der Waals surface area contributed by atoms with Crippen LogP contribution in [-0.4, -0.2) is 51.9 Å². The number of hydrogen-bond donors (Lipinski definition) is 2. The van der Waals surface area contributed by atoms with Crippen LogP contribution < -0.4 is 20.1 Å². The molecule has 0 spiro atoms. The largest absolute Gasteiger partial charge is 0.454 e. The van der Waals surface area contributed by atoms with E-state index in [9.17, 15) is 13.2 Å². The standard InChI is InChI=1S/C18H18ClN3O6S/c19-14-3-2-13(29(24,25)22-5-7-26-8-6-22)10-15(14)21-18(23)20-12-1-4-16-17(9-12)28-11-27-16/h1-4,9-10H,5-8,11H2,(H2,20,21,23). The predicted octanol–water partition coefficient (Wildman–Crippen LogP) is 2.73. The van der Waals surface area contributed by atoms with Crippen LogP contribution in [0.5, 0.6) is 11.5 Å². The molecule has 2 amide bonds. The fourth-order valence-corrected chi connectivity index (χ4v) is 4.56. The van der Waals surface area contributed by atoms with Gasteiger partial charge in [-0.2, -0.15) is 4.31 Å². The molecule has 154 valence electrons. The van der Waals surface area contributed by atoms with E-state index in [1.54, 1.807) is 18.2 Å². The van der Waals surface area contributed by atoms with E-state index < -0.39 is 16.1 Å². The van der Waals surface area contributed by atoms with Gasteiger partial charge in [-0.1, -0.05) is 11.6 Å². The molecule has 2 aliphatic rings.